The van der Waals surface area contributed by atoms with Gasteiger partial charge in [0, 0.05) is 38.3 Å². The molecule has 0 bridgehead atoms. The van der Waals surface area contributed by atoms with E-state index in [-0.39, 0.29) is 30.3 Å². The summed E-state index contributed by atoms with van der Waals surface area (Å²) in [5.41, 5.74) is 2.00. The Morgan fingerprint density at radius 2 is 1.36 bits per heavy atom. The first-order chi connectivity index (χ1) is 11.9. The van der Waals surface area contributed by atoms with Gasteiger partial charge in [-0.1, -0.05) is 12.1 Å². The first-order valence-electron chi connectivity index (χ1n) is 9.32. The molecule has 0 unspecified atom stereocenters. The maximum absolute atomic E-state index is 12.7. The van der Waals surface area contributed by atoms with E-state index in [0.717, 1.165) is 25.2 Å². The molecule has 5 heteroatoms. The zero-order valence-corrected chi connectivity index (χ0v) is 15.8. The second-order valence-electron chi connectivity index (χ2n) is 7.62. The highest BCUT2D eigenvalue weighted by molar-refractivity contribution is 5.94. The molecule has 5 nitrogen and oxygen atoms in total. The molecule has 1 aromatic rings. The lowest BCUT2D eigenvalue weighted by atomic mass is 10.1. The molecule has 0 spiro atoms. The summed E-state index contributed by atoms with van der Waals surface area (Å²) in [5, 5.41) is 0. The van der Waals surface area contributed by atoms with E-state index in [1.165, 1.54) is 5.56 Å². The lowest BCUT2D eigenvalue weighted by molar-refractivity contribution is -0.0704. The normalized spacial score (nSPS) is 31.1. The van der Waals surface area contributed by atoms with Gasteiger partial charge in [0.25, 0.3) is 5.91 Å². The summed E-state index contributed by atoms with van der Waals surface area (Å²) in [7, 11) is 0. The molecule has 1 aromatic carbocycles. The summed E-state index contributed by atoms with van der Waals surface area (Å²) < 4.78 is 11.5. The fourth-order valence-electron chi connectivity index (χ4n) is 3.95. The van der Waals surface area contributed by atoms with Crippen LogP contribution in [0.2, 0.25) is 0 Å². The predicted octanol–water partition coefficient (Wildman–Crippen LogP) is 2.55. The minimum Gasteiger partial charge on any atom is -0.373 e. The van der Waals surface area contributed by atoms with Crippen LogP contribution in [0.4, 0.5) is 0 Å². The molecule has 3 rings (SSSR count). The highest BCUT2D eigenvalue weighted by Crippen LogP contribution is 2.17. The SMILES string of the molecule is C[C@@H]1CN(Cc2ccc(C(=O)N3C[C@@H](C)O[C@@H](C)C3)cc2)C[C@@H](C)O1. The topological polar surface area (TPSA) is 42.0 Å². The van der Waals surface area contributed by atoms with E-state index in [1.807, 2.05) is 30.9 Å². The van der Waals surface area contributed by atoms with Crippen molar-refractivity contribution in [1.82, 2.24) is 9.80 Å². The summed E-state index contributed by atoms with van der Waals surface area (Å²) >= 11 is 0. The van der Waals surface area contributed by atoms with Crippen molar-refractivity contribution in [3.63, 3.8) is 0 Å². The lowest BCUT2D eigenvalue weighted by Gasteiger charge is -2.35. The number of amides is 1. The van der Waals surface area contributed by atoms with Crippen LogP contribution >= 0.6 is 0 Å². The third-order valence-corrected chi connectivity index (χ3v) is 4.81. The first-order valence-corrected chi connectivity index (χ1v) is 9.32. The van der Waals surface area contributed by atoms with Crippen molar-refractivity contribution in [2.24, 2.45) is 0 Å². The average molecular weight is 346 g/mol. The van der Waals surface area contributed by atoms with E-state index in [4.69, 9.17) is 9.47 Å². The molecule has 2 saturated heterocycles. The molecular weight excluding hydrogens is 316 g/mol. The Morgan fingerprint density at radius 1 is 0.880 bits per heavy atom. The molecule has 0 radical (unpaired) electrons. The number of carbonyl (C=O) groups excluding carboxylic acids is 1. The molecule has 2 heterocycles. The summed E-state index contributed by atoms with van der Waals surface area (Å²) in [4.78, 5) is 17.0. The number of hydrogen-bond acceptors (Lipinski definition) is 4. The average Bonchev–Trinajstić information content (AvgIpc) is 2.53. The predicted molar refractivity (Wildman–Crippen MR) is 97.6 cm³/mol. The molecule has 0 saturated carbocycles. The zero-order valence-electron chi connectivity index (χ0n) is 15.8. The van der Waals surface area contributed by atoms with Crippen molar-refractivity contribution in [1.29, 1.82) is 0 Å². The Kier molecular flexibility index (Phi) is 5.77. The van der Waals surface area contributed by atoms with E-state index in [2.05, 4.69) is 30.9 Å². The summed E-state index contributed by atoms with van der Waals surface area (Å²) in [6.07, 6.45) is 0.736. The summed E-state index contributed by atoms with van der Waals surface area (Å²) in [5.74, 6) is 0.0992. The van der Waals surface area contributed by atoms with Gasteiger partial charge in [-0.25, -0.2) is 0 Å². The van der Waals surface area contributed by atoms with Crippen LogP contribution in [-0.4, -0.2) is 66.3 Å². The first kappa shape index (κ1) is 18.4. The van der Waals surface area contributed by atoms with E-state index in [0.29, 0.717) is 13.1 Å². The molecule has 0 aliphatic carbocycles. The van der Waals surface area contributed by atoms with Crippen molar-refractivity contribution in [2.45, 2.75) is 58.7 Å². The maximum atomic E-state index is 12.7. The van der Waals surface area contributed by atoms with Gasteiger partial charge in [0.2, 0.25) is 0 Å². The molecule has 1 amide bonds. The Morgan fingerprint density at radius 3 is 1.88 bits per heavy atom. The van der Waals surface area contributed by atoms with Crippen molar-refractivity contribution < 1.29 is 14.3 Å². The van der Waals surface area contributed by atoms with E-state index in [1.54, 1.807) is 0 Å². The third-order valence-electron chi connectivity index (χ3n) is 4.81. The minimum atomic E-state index is 0.0947. The highest BCUT2D eigenvalue weighted by atomic mass is 16.5. The second-order valence-corrected chi connectivity index (χ2v) is 7.62. The van der Waals surface area contributed by atoms with Gasteiger partial charge in [0.05, 0.1) is 24.4 Å². The van der Waals surface area contributed by atoms with Gasteiger partial charge < -0.3 is 14.4 Å². The highest BCUT2D eigenvalue weighted by Gasteiger charge is 2.27. The quantitative estimate of drug-likeness (QED) is 0.843. The van der Waals surface area contributed by atoms with Crippen molar-refractivity contribution in [3.05, 3.63) is 35.4 Å². The molecule has 2 aliphatic rings. The molecule has 25 heavy (non-hydrogen) atoms. The zero-order chi connectivity index (χ0) is 18.0. The van der Waals surface area contributed by atoms with Crippen molar-refractivity contribution in [3.8, 4) is 0 Å². The molecule has 2 aliphatic heterocycles. The van der Waals surface area contributed by atoms with Gasteiger partial charge >= 0.3 is 0 Å². The molecule has 4 atom stereocenters. The van der Waals surface area contributed by atoms with Crippen LogP contribution in [0, 0.1) is 0 Å². The smallest absolute Gasteiger partial charge is 0.254 e. The summed E-state index contributed by atoms with van der Waals surface area (Å²) in [6.45, 7) is 12.4. The third kappa shape index (κ3) is 4.81. The second kappa shape index (κ2) is 7.85. The van der Waals surface area contributed by atoms with Gasteiger partial charge in [-0.2, -0.15) is 0 Å². The monoisotopic (exact) mass is 346 g/mol. The largest absolute Gasteiger partial charge is 0.373 e. The molecule has 138 valence electrons. The molecule has 0 N–H and O–H groups in total. The van der Waals surface area contributed by atoms with Gasteiger partial charge in [-0.05, 0) is 45.4 Å². The Balaban J connectivity index is 1.61. The molecule has 2 fully saturated rings. The summed E-state index contributed by atoms with van der Waals surface area (Å²) in [6, 6.07) is 8.06. The van der Waals surface area contributed by atoms with Crippen LogP contribution in [0.1, 0.15) is 43.6 Å². The number of ether oxygens (including phenoxy) is 2. The lowest BCUT2D eigenvalue weighted by Crippen LogP contribution is -2.48. The standard InChI is InChI=1S/C20H30N2O3/c1-14-9-21(10-15(2)24-14)13-18-5-7-19(8-6-18)20(23)22-11-16(3)25-17(4)12-22/h5-8,14-17H,9-13H2,1-4H3/t14-,15-,16-,17+/m1/s1. The van der Waals surface area contributed by atoms with Crippen molar-refractivity contribution in [2.75, 3.05) is 26.2 Å². The number of nitrogens with zero attached hydrogens (tertiary/aromatic N) is 2. The fraction of sp³-hybridized carbons (Fsp3) is 0.650. The van der Waals surface area contributed by atoms with Crippen LogP contribution in [0.25, 0.3) is 0 Å². The van der Waals surface area contributed by atoms with Gasteiger partial charge in [-0.15, -0.1) is 0 Å². The van der Waals surface area contributed by atoms with Crippen LogP contribution in [0.15, 0.2) is 24.3 Å². The van der Waals surface area contributed by atoms with Gasteiger partial charge in [0.15, 0.2) is 0 Å². The Labute approximate surface area is 150 Å². The number of carbonyl (C=O) groups is 1. The number of morpholine rings is 2. The van der Waals surface area contributed by atoms with Gasteiger partial charge in [0.1, 0.15) is 0 Å². The minimum absolute atomic E-state index is 0.0947. The van der Waals surface area contributed by atoms with E-state index in [9.17, 15) is 4.79 Å². The molecular formula is C20H30N2O3. The Hall–Kier alpha value is -1.43. The van der Waals surface area contributed by atoms with E-state index < -0.39 is 0 Å². The number of hydrogen-bond donors (Lipinski definition) is 0. The van der Waals surface area contributed by atoms with E-state index >= 15 is 0 Å². The van der Waals surface area contributed by atoms with Crippen LogP contribution in [-0.2, 0) is 16.0 Å². The van der Waals surface area contributed by atoms with Crippen LogP contribution in [0.5, 0.6) is 0 Å². The van der Waals surface area contributed by atoms with Crippen LogP contribution < -0.4 is 0 Å². The maximum Gasteiger partial charge on any atom is 0.254 e. The van der Waals surface area contributed by atoms with Crippen molar-refractivity contribution >= 4 is 5.91 Å². The Bertz CT molecular complexity index is 569. The number of rotatable bonds is 3. The van der Waals surface area contributed by atoms with Gasteiger partial charge in [-0.3, -0.25) is 9.69 Å². The number of benzene rings is 1. The molecule has 0 aromatic heterocycles. The fourth-order valence-corrected chi connectivity index (χ4v) is 3.95. The van der Waals surface area contributed by atoms with Crippen LogP contribution in [0.3, 0.4) is 0 Å².